The molecule has 0 atom stereocenters. The van der Waals surface area contributed by atoms with E-state index in [0.29, 0.717) is 0 Å². The standard InChI is InChI=1S/C13H30P.C7H8O3S/c1-11(2)8-14(7,9-12(3)4)10-13(5)6;1-6-2-4-7(5-3-6)11(8,9)10/h11-13H,8-10H2,1-7H3;2-5H,1H3,(H,8,9,10)/q+1;. The van der Waals surface area contributed by atoms with Crippen molar-refractivity contribution in [1.82, 2.24) is 0 Å². The molecule has 0 aromatic heterocycles. The Morgan fingerprint density at radius 1 is 0.840 bits per heavy atom. The Hall–Kier alpha value is -0.440. The minimum absolute atomic E-state index is 0.0666. The van der Waals surface area contributed by atoms with Crippen LogP contribution in [-0.2, 0) is 10.1 Å². The highest BCUT2D eigenvalue weighted by atomic mass is 32.2. The summed E-state index contributed by atoms with van der Waals surface area (Å²) in [5, 5.41) is 0. The molecule has 1 N–H and O–H groups in total. The highest BCUT2D eigenvalue weighted by molar-refractivity contribution is 7.85. The number of hydrogen-bond acceptors (Lipinski definition) is 2. The molecule has 0 aliphatic heterocycles. The van der Waals surface area contributed by atoms with Gasteiger partial charge in [-0.25, -0.2) is 0 Å². The van der Waals surface area contributed by atoms with Gasteiger partial charge in [-0.2, -0.15) is 8.42 Å². The van der Waals surface area contributed by atoms with Gasteiger partial charge in [-0.3, -0.25) is 4.55 Å². The van der Waals surface area contributed by atoms with Crippen LogP contribution in [0.4, 0.5) is 0 Å². The first-order valence-corrected chi connectivity index (χ1v) is 13.4. The van der Waals surface area contributed by atoms with Crippen molar-refractivity contribution in [2.45, 2.75) is 53.4 Å². The van der Waals surface area contributed by atoms with Gasteiger partial charge in [-0.1, -0.05) is 59.2 Å². The largest absolute Gasteiger partial charge is 0.294 e. The van der Waals surface area contributed by atoms with Gasteiger partial charge in [0.25, 0.3) is 10.1 Å². The fourth-order valence-corrected chi connectivity index (χ4v) is 9.79. The molecule has 1 aromatic carbocycles. The van der Waals surface area contributed by atoms with Crippen LogP contribution < -0.4 is 0 Å². The third-order valence-electron chi connectivity index (χ3n) is 3.74. The van der Waals surface area contributed by atoms with Crippen molar-refractivity contribution in [1.29, 1.82) is 0 Å². The van der Waals surface area contributed by atoms with Gasteiger partial charge in [0.15, 0.2) is 0 Å². The van der Waals surface area contributed by atoms with E-state index >= 15 is 0 Å². The van der Waals surface area contributed by atoms with Crippen LogP contribution in [0.5, 0.6) is 0 Å². The van der Waals surface area contributed by atoms with E-state index in [2.05, 4.69) is 48.2 Å². The average molecular weight is 390 g/mol. The Kier molecular flexibility index (Phi) is 10.5. The van der Waals surface area contributed by atoms with Gasteiger partial charge in [0.1, 0.15) is 0 Å². The molecule has 0 unspecified atom stereocenters. The minimum atomic E-state index is -4.02. The number of hydrogen-bond donors (Lipinski definition) is 1. The Morgan fingerprint density at radius 3 is 1.40 bits per heavy atom. The molecular weight excluding hydrogens is 351 g/mol. The van der Waals surface area contributed by atoms with Gasteiger partial charge >= 0.3 is 0 Å². The van der Waals surface area contributed by atoms with E-state index in [4.69, 9.17) is 4.55 Å². The first-order chi connectivity index (χ1) is 11.2. The van der Waals surface area contributed by atoms with E-state index < -0.39 is 17.4 Å². The first kappa shape index (κ1) is 24.6. The predicted molar refractivity (Wildman–Crippen MR) is 113 cm³/mol. The van der Waals surface area contributed by atoms with Crippen LogP contribution in [0.1, 0.15) is 47.1 Å². The Bertz CT molecular complexity index is 563. The smallest absolute Gasteiger partial charge is 0.282 e. The van der Waals surface area contributed by atoms with Crippen molar-refractivity contribution in [3.8, 4) is 0 Å². The van der Waals surface area contributed by atoms with Gasteiger partial charge in [-0.15, -0.1) is 0 Å². The quantitative estimate of drug-likeness (QED) is 0.470. The lowest BCUT2D eigenvalue weighted by Crippen LogP contribution is -2.16. The molecule has 0 aliphatic carbocycles. The van der Waals surface area contributed by atoms with Crippen LogP contribution in [0.25, 0.3) is 0 Å². The van der Waals surface area contributed by atoms with E-state index in [1.165, 1.54) is 30.6 Å². The number of rotatable bonds is 7. The summed E-state index contributed by atoms with van der Waals surface area (Å²) in [5.74, 6) is 2.64. The molecule has 0 amide bonds. The molecular formula is C20H38O3PS+. The molecule has 0 fully saturated rings. The summed E-state index contributed by atoms with van der Waals surface area (Å²) >= 11 is 0. The van der Waals surface area contributed by atoms with Gasteiger partial charge in [0.2, 0.25) is 0 Å². The maximum atomic E-state index is 10.5. The van der Waals surface area contributed by atoms with Crippen molar-refractivity contribution in [2.24, 2.45) is 17.8 Å². The molecule has 146 valence electrons. The van der Waals surface area contributed by atoms with E-state index in [-0.39, 0.29) is 4.90 Å². The van der Waals surface area contributed by atoms with Crippen molar-refractivity contribution >= 4 is 17.4 Å². The fraction of sp³-hybridized carbons (Fsp3) is 0.700. The summed E-state index contributed by atoms with van der Waals surface area (Å²) < 4.78 is 29.6. The highest BCUT2D eigenvalue weighted by Crippen LogP contribution is 2.58. The SMILES string of the molecule is CC(C)C[P+](C)(CC(C)C)CC(C)C.Cc1ccc(S(=O)(=O)O)cc1. The zero-order valence-corrected chi connectivity index (χ0v) is 19.0. The average Bonchev–Trinajstić information content (AvgIpc) is 2.34. The Balaban J connectivity index is 0.000000472. The lowest BCUT2D eigenvalue weighted by molar-refractivity contribution is 0.483. The second-order valence-electron chi connectivity index (χ2n) is 8.64. The summed E-state index contributed by atoms with van der Waals surface area (Å²) in [6.07, 6.45) is 4.47. The molecule has 0 radical (unpaired) electrons. The summed E-state index contributed by atoms with van der Waals surface area (Å²) in [4.78, 5) is -0.0666. The molecule has 0 spiro atoms. The molecule has 0 saturated carbocycles. The van der Waals surface area contributed by atoms with Crippen molar-refractivity contribution in [2.75, 3.05) is 25.2 Å². The van der Waals surface area contributed by atoms with E-state index in [0.717, 1.165) is 23.3 Å². The molecule has 5 heteroatoms. The maximum absolute atomic E-state index is 10.5. The van der Waals surface area contributed by atoms with E-state index in [1.54, 1.807) is 12.1 Å². The van der Waals surface area contributed by atoms with E-state index in [1.807, 2.05) is 6.92 Å². The van der Waals surface area contributed by atoms with Crippen molar-refractivity contribution in [3.63, 3.8) is 0 Å². The zero-order valence-electron chi connectivity index (χ0n) is 17.3. The van der Waals surface area contributed by atoms with Crippen molar-refractivity contribution < 1.29 is 13.0 Å². The summed E-state index contributed by atoms with van der Waals surface area (Å²) in [6, 6.07) is 5.99. The van der Waals surface area contributed by atoms with Crippen LogP contribution in [0.3, 0.4) is 0 Å². The van der Waals surface area contributed by atoms with E-state index in [9.17, 15) is 8.42 Å². The molecule has 25 heavy (non-hydrogen) atoms. The lowest BCUT2D eigenvalue weighted by Gasteiger charge is -2.28. The molecule has 3 nitrogen and oxygen atoms in total. The second kappa shape index (κ2) is 10.6. The molecule has 0 bridgehead atoms. The predicted octanol–water partition coefficient (Wildman–Crippen LogP) is 5.84. The second-order valence-corrected chi connectivity index (χ2v) is 14.4. The Morgan fingerprint density at radius 2 is 1.16 bits per heavy atom. The first-order valence-electron chi connectivity index (χ1n) is 9.13. The normalized spacial score (nSPS) is 12.5. The molecule has 0 aliphatic rings. The van der Waals surface area contributed by atoms with Crippen LogP contribution in [-0.4, -0.2) is 38.1 Å². The van der Waals surface area contributed by atoms with Crippen LogP contribution in [0, 0.1) is 24.7 Å². The van der Waals surface area contributed by atoms with Crippen LogP contribution >= 0.6 is 7.26 Å². The maximum Gasteiger partial charge on any atom is 0.294 e. The minimum Gasteiger partial charge on any atom is -0.282 e. The molecule has 1 rings (SSSR count). The lowest BCUT2D eigenvalue weighted by atomic mass is 10.2. The van der Waals surface area contributed by atoms with Crippen LogP contribution in [0.15, 0.2) is 29.2 Å². The third-order valence-corrected chi connectivity index (χ3v) is 9.44. The van der Waals surface area contributed by atoms with Gasteiger partial charge in [0, 0.05) is 13.9 Å². The van der Waals surface area contributed by atoms with Gasteiger partial charge < -0.3 is 0 Å². The Labute approximate surface area is 156 Å². The van der Waals surface area contributed by atoms with Crippen molar-refractivity contribution in [3.05, 3.63) is 29.8 Å². The fourth-order valence-electron chi connectivity index (χ4n) is 3.58. The monoisotopic (exact) mass is 389 g/mol. The van der Waals surface area contributed by atoms with Gasteiger partial charge in [-0.05, 0) is 36.8 Å². The number of benzene rings is 1. The summed E-state index contributed by atoms with van der Waals surface area (Å²) in [6.45, 7) is 18.7. The molecule has 0 heterocycles. The van der Waals surface area contributed by atoms with Crippen LogP contribution in [0.2, 0.25) is 0 Å². The number of aryl methyl sites for hydroxylation is 1. The summed E-state index contributed by atoms with van der Waals surface area (Å²) in [5.41, 5.74) is 0.956. The highest BCUT2D eigenvalue weighted by Gasteiger charge is 2.33. The van der Waals surface area contributed by atoms with Gasteiger partial charge in [0.05, 0.1) is 23.4 Å². The third kappa shape index (κ3) is 11.7. The molecule has 0 saturated heterocycles. The summed E-state index contributed by atoms with van der Waals surface area (Å²) in [7, 11) is -4.66. The topological polar surface area (TPSA) is 54.4 Å². The zero-order chi connectivity index (χ0) is 19.8. The molecule has 1 aromatic rings.